The highest BCUT2D eigenvalue weighted by atomic mass is 31.1. The molecule has 0 saturated heterocycles. The minimum Gasteiger partial charge on any atom is -0.468 e. The molecule has 13 heteroatoms. The third kappa shape index (κ3) is 9.64. The molecule has 0 fully saturated rings. The van der Waals surface area contributed by atoms with Gasteiger partial charge in [-0.3, -0.25) is 19.1 Å². The number of ether oxygens (including phenoxy) is 2. The van der Waals surface area contributed by atoms with Crippen molar-refractivity contribution in [3.05, 3.63) is 63.4 Å². The Morgan fingerprint density at radius 2 is 1.91 bits per heavy atom. The van der Waals surface area contributed by atoms with Gasteiger partial charge in [0.25, 0.3) is 5.56 Å². The molecule has 2 unspecified atom stereocenters. The van der Waals surface area contributed by atoms with Crippen molar-refractivity contribution >= 4 is 21.3 Å². The molecule has 12 nitrogen and oxygen atoms in total. The van der Waals surface area contributed by atoms with E-state index in [1.807, 2.05) is 23.2 Å². The summed E-state index contributed by atoms with van der Waals surface area (Å²) in [5, 5.41) is 10.4. The summed E-state index contributed by atoms with van der Waals surface area (Å²) in [6.45, 7) is 1.51. The number of aliphatic hydroxyl groups is 1. The Bertz CT molecular complexity index is 965. The molecule has 1 aromatic carbocycles. The van der Waals surface area contributed by atoms with E-state index in [-0.39, 0.29) is 21.6 Å². The van der Waals surface area contributed by atoms with E-state index in [9.17, 15) is 24.3 Å². The van der Waals surface area contributed by atoms with Gasteiger partial charge in [0, 0.05) is 19.4 Å². The van der Waals surface area contributed by atoms with E-state index >= 15 is 0 Å². The van der Waals surface area contributed by atoms with Crippen molar-refractivity contribution in [3.8, 4) is 5.75 Å². The quantitative estimate of drug-likeness (QED) is 0.167. The van der Waals surface area contributed by atoms with Gasteiger partial charge in [-0.2, -0.15) is 0 Å². The number of aromatic nitrogens is 2. The van der Waals surface area contributed by atoms with Crippen LogP contribution in [0.5, 0.6) is 5.75 Å². The van der Waals surface area contributed by atoms with Crippen LogP contribution in [0.3, 0.4) is 0 Å². The summed E-state index contributed by atoms with van der Waals surface area (Å²) in [7, 11) is 2.31. The first-order valence-corrected chi connectivity index (χ1v) is 10.5. The zero-order valence-electron chi connectivity index (χ0n) is 18.4. The first kappa shape index (κ1) is 28.1. The van der Waals surface area contributed by atoms with Gasteiger partial charge in [-0.25, -0.2) is 4.79 Å². The summed E-state index contributed by atoms with van der Waals surface area (Å²) in [5.41, 5.74) is 3.66. The summed E-state index contributed by atoms with van der Waals surface area (Å²) in [6, 6.07) is 8.37. The number of rotatable bonds is 11. The number of methoxy groups -OCH3 is 2. The molecule has 0 radical (unpaired) electrons. The number of nitrogens with zero attached hydrogens (tertiary/aromatic N) is 1. The van der Waals surface area contributed by atoms with Crippen molar-refractivity contribution in [2.75, 3.05) is 20.8 Å². The lowest BCUT2D eigenvalue weighted by molar-refractivity contribution is -0.141. The van der Waals surface area contributed by atoms with E-state index < -0.39 is 35.5 Å². The molecule has 0 saturated carbocycles. The number of nitrogens with one attached hydrogen (secondary N) is 1. The number of esters is 1. The smallest absolute Gasteiger partial charge is 0.329 e. The Hall–Kier alpha value is -2.89. The number of hydrogen-bond acceptors (Lipinski definition) is 10. The van der Waals surface area contributed by atoms with Crippen molar-refractivity contribution in [3.63, 3.8) is 0 Å². The third-order valence-corrected chi connectivity index (χ3v) is 4.73. The number of benzene rings is 1. The van der Waals surface area contributed by atoms with Crippen LogP contribution in [0.1, 0.15) is 13.0 Å². The van der Waals surface area contributed by atoms with Crippen molar-refractivity contribution in [1.29, 1.82) is 0 Å². The van der Waals surface area contributed by atoms with Gasteiger partial charge in [0.15, 0.2) is 0 Å². The molecule has 0 amide bonds. The third-order valence-electron chi connectivity index (χ3n) is 4.13. The van der Waals surface area contributed by atoms with Crippen LogP contribution in [0, 0.1) is 0 Å². The van der Waals surface area contributed by atoms with Gasteiger partial charge in [0.05, 0.1) is 13.7 Å². The highest BCUT2D eigenvalue weighted by Gasteiger charge is 2.30. The van der Waals surface area contributed by atoms with Crippen LogP contribution in [0.25, 0.3) is 0 Å². The fourth-order valence-electron chi connectivity index (χ4n) is 2.37. The van der Waals surface area contributed by atoms with Crippen LogP contribution < -0.4 is 21.5 Å². The highest BCUT2D eigenvalue weighted by Crippen LogP contribution is 2.22. The zero-order chi connectivity index (χ0) is 24.8. The van der Waals surface area contributed by atoms with E-state index in [0.717, 1.165) is 16.8 Å². The SMILES string of the molecule is COC(=O)[C@H](C)N.CO[C@H](COPOc1ccccc1)C(O)[C@H](C=O)n1ccc(=O)[nH]c1=O. The second-order valence-electron chi connectivity index (χ2n) is 6.53. The predicted molar refractivity (Wildman–Crippen MR) is 120 cm³/mol. The number of aldehydes is 1. The molecule has 0 aliphatic heterocycles. The molecule has 0 bridgehead atoms. The summed E-state index contributed by atoms with van der Waals surface area (Å²) < 4.78 is 21.1. The maximum atomic E-state index is 11.8. The molecule has 182 valence electrons. The summed E-state index contributed by atoms with van der Waals surface area (Å²) in [6.07, 6.45) is -0.727. The lowest BCUT2D eigenvalue weighted by Gasteiger charge is -2.26. The zero-order valence-corrected chi connectivity index (χ0v) is 19.4. The van der Waals surface area contributed by atoms with Crippen LogP contribution in [0.15, 0.2) is 52.2 Å². The maximum absolute atomic E-state index is 11.8. The Kier molecular flexibility index (Phi) is 12.8. The van der Waals surface area contributed by atoms with Crippen LogP contribution in [-0.4, -0.2) is 66.0 Å². The first-order valence-electron chi connectivity index (χ1n) is 9.64. The molecule has 4 N–H and O–H groups in total. The average Bonchev–Trinajstić information content (AvgIpc) is 2.81. The van der Waals surface area contributed by atoms with Crippen molar-refractivity contribution in [2.45, 2.75) is 31.2 Å². The average molecular weight is 485 g/mol. The van der Waals surface area contributed by atoms with Gasteiger partial charge in [-0.15, -0.1) is 0 Å². The number of carbonyl (C=O) groups excluding carboxylic acids is 2. The molecule has 33 heavy (non-hydrogen) atoms. The van der Waals surface area contributed by atoms with Gasteiger partial charge in [0.1, 0.15) is 36.3 Å². The van der Waals surface area contributed by atoms with Gasteiger partial charge in [-0.1, -0.05) is 18.2 Å². The van der Waals surface area contributed by atoms with Crippen LogP contribution >= 0.6 is 9.03 Å². The van der Waals surface area contributed by atoms with Gasteiger partial charge in [-0.05, 0) is 19.1 Å². The van der Waals surface area contributed by atoms with E-state index in [1.165, 1.54) is 14.2 Å². The lowest BCUT2D eigenvalue weighted by atomic mass is 10.1. The summed E-state index contributed by atoms with van der Waals surface area (Å²) in [5.74, 6) is 0.255. The number of para-hydroxylation sites is 1. The topological polar surface area (TPSA) is 172 Å². The fraction of sp³-hybridized carbons (Fsp3) is 0.400. The second kappa shape index (κ2) is 15.0. The Morgan fingerprint density at radius 3 is 2.39 bits per heavy atom. The molecule has 1 heterocycles. The molecule has 1 aromatic heterocycles. The number of aromatic amines is 1. The molecular weight excluding hydrogens is 457 g/mol. The minimum atomic E-state index is -1.37. The monoisotopic (exact) mass is 485 g/mol. The Balaban J connectivity index is 0.000000675. The van der Waals surface area contributed by atoms with Crippen LogP contribution in [0.4, 0.5) is 0 Å². The molecule has 0 spiro atoms. The molecule has 2 rings (SSSR count). The van der Waals surface area contributed by atoms with E-state index in [2.05, 4.69) is 4.74 Å². The molecule has 2 aromatic rings. The van der Waals surface area contributed by atoms with E-state index in [0.29, 0.717) is 12.0 Å². The molecular formula is C20H28N3O9P. The number of aliphatic hydroxyl groups excluding tert-OH is 1. The van der Waals surface area contributed by atoms with Gasteiger partial charge >= 0.3 is 11.7 Å². The van der Waals surface area contributed by atoms with Crippen LogP contribution in [0.2, 0.25) is 0 Å². The Labute approximate surface area is 191 Å². The van der Waals surface area contributed by atoms with Crippen molar-refractivity contribution in [1.82, 2.24) is 9.55 Å². The minimum absolute atomic E-state index is 0.0641. The maximum Gasteiger partial charge on any atom is 0.329 e. The van der Waals surface area contributed by atoms with E-state index in [4.69, 9.17) is 19.5 Å². The van der Waals surface area contributed by atoms with E-state index in [1.54, 1.807) is 19.1 Å². The number of carbonyl (C=O) groups is 2. The normalized spacial score (nSPS) is 14.5. The van der Waals surface area contributed by atoms with Crippen molar-refractivity contribution in [2.24, 2.45) is 5.73 Å². The largest absolute Gasteiger partial charge is 0.468 e. The van der Waals surface area contributed by atoms with Crippen LogP contribution in [-0.2, 0) is 23.6 Å². The number of nitrogens with two attached hydrogens (primary N) is 1. The molecule has 0 aliphatic rings. The number of H-pyrrole nitrogens is 1. The summed E-state index contributed by atoms with van der Waals surface area (Å²) in [4.78, 5) is 46.5. The lowest BCUT2D eigenvalue weighted by Crippen LogP contribution is -2.44. The fourth-order valence-corrected chi connectivity index (χ4v) is 2.89. The van der Waals surface area contributed by atoms with Gasteiger partial charge < -0.3 is 34.2 Å². The Morgan fingerprint density at radius 1 is 1.24 bits per heavy atom. The van der Waals surface area contributed by atoms with Crippen molar-refractivity contribution < 1.29 is 33.2 Å². The standard InChI is InChI=1S/C16H19N2O7P.C4H9NO2/c1-23-13(10-24-26-25-11-5-3-2-4-6-11)15(21)12(9-19)18-8-7-14(20)17-16(18)22;1-3(5)4(6)7-2/h2-9,12-13,15,21,26H,10H2,1H3,(H,17,20,22);3H,5H2,1-2H3/t12-,13+,15?;3-/m00/s1. The van der Waals surface area contributed by atoms with Gasteiger partial charge in [0.2, 0.25) is 9.03 Å². The molecule has 5 atom stereocenters. The number of hydrogen-bond donors (Lipinski definition) is 3. The first-order chi connectivity index (χ1) is 15.7. The summed E-state index contributed by atoms with van der Waals surface area (Å²) >= 11 is 0. The molecule has 0 aliphatic carbocycles. The highest BCUT2D eigenvalue weighted by molar-refractivity contribution is 7.26. The predicted octanol–water partition coefficient (Wildman–Crippen LogP) is -0.237. The second-order valence-corrected chi connectivity index (χ2v) is 7.19.